The Balaban J connectivity index is 1.44. The van der Waals surface area contributed by atoms with Crippen LogP contribution >= 0.6 is 0 Å². The van der Waals surface area contributed by atoms with E-state index in [4.69, 9.17) is 4.42 Å². The number of likely N-dealkylation sites (tertiary alicyclic amines) is 1. The molecule has 6 nitrogen and oxygen atoms in total. The summed E-state index contributed by atoms with van der Waals surface area (Å²) in [4.78, 5) is 25.7. The van der Waals surface area contributed by atoms with Gasteiger partial charge in [-0.1, -0.05) is 0 Å². The van der Waals surface area contributed by atoms with Crippen LogP contribution in [0.4, 0.5) is 5.82 Å². The Hall–Kier alpha value is -2.37. The lowest BCUT2D eigenvalue weighted by atomic mass is 10.0. The van der Waals surface area contributed by atoms with E-state index < -0.39 is 0 Å². The summed E-state index contributed by atoms with van der Waals surface area (Å²) in [5, 5.41) is 0. The number of amides is 1. The van der Waals surface area contributed by atoms with Crippen molar-refractivity contribution in [1.82, 2.24) is 14.9 Å². The highest BCUT2D eigenvalue weighted by Gasteiger charge is 2.37. The van der Waals surface area contributed by atoms with Gasteiger partial charge in [0.15, 0.2) is 0 Å². The summed E-state index contributed by atoms with van der Waals surface area (Å²) in [6.45, 7) is 5.30. The van der Waals surface area contributed by atoms with Crippen LogP contribution in [-0.4, -0.2) is 45.9 Å². The molecule has 1 amide bonds. The molecule has 2 aromatic heterocycles. The highest BCUT2D eigenvalue weighted by Crippen LogP contribution is 2.35. The molecule has 0 N–H and O–H groups in total. The van der Waals surface area contributed by atoms with Gasteiger partial charge in [0.2, 0.25) is 0 Å². The summed E-state index contributed by atoms with van der Waals surface area (Å²) < 4.78 is 5.51. The lowest BCUT2D eigenvalue weighted by Gasteiger charge is -2.39. The van der Waals surface area contributed by atoms with Crippen molar-refractivity contribution in [2.45, 2.75) is 51.6 Å². The molecule has 1 saturated heterocycles. The standard InChI is InChI=1S/C19H24N4O2/c1-13-11-17(14(2)25-13)19(24)22-9-6-16(7-10-22)23(15-3-4-15)18-5-8-20-12-21-18/h5,8,11-12,15-16H,3-4,6-7,9-10H2,1-2H3. The SMILES string of the molecule is Cc1cc(C(=O)N2CCC(N(c3ccncn3)C3CC3)CC2)c(C)o1. The van der Waals surface area contributed by atoms with Gasteiger partial charge < -0.3 is 14.2 Å². The van der Waals surface area contributed by atoms with E-state index in [9.17, 15) is 4.79 Å². The molecule has 6 heteroatoms. The van der Waals surface area contributed by atoms with Crippen molar-refractivity contribution >= 4 is 11.7 Å². The topological polar surface area (TPSA) is 62.5 Å². The summed E-state index contributed by atoms with van der Waals surface area (Å²) in [5.41, 5.74) is 0.700. The minimum Gasteiger partial charge on any atom is -0.466 e. The van der Waals surface area contributed by atoms with Gasteiger partial charge in [-0.2, -0.15) is 0 Å². The van der Waals surface area contributed by atoms with E-state index in [0.29, 0.717) is 23.4 Å². The number of anilines is 1. The van der Waals surface area contributed by atoms with Crippen LogP contribution in [-0.2, 0) is 0 Å². The first-order chi connectivity index (χ1) is 12.1. The number of carbonyl (C=O) groups is 1. The zero-order valence-electron chi connectivity index (χ0n) is 14.8. The maximum atomic E-state index is 12.8. The van der Waals surface area contributed by atoms with Crippen molar-refractivity contribution in [3.8, 4) is 0 Å². The van der Waals surface area contributed by atoms with Crippen molar-refractivity contribution in [2.24, 2.45) is 0 Å². The van der Waals surface area contributed by atoms with Gasteiger partial charge in [-0.05, 0) is 51.7 Å². The van der Waals surface area contributed by atoms with Gasteiger partial charge >= 0.3 is 0 Å². The Morgan fingerprint density at radius 3 is 2.48 bits per heavy atom. The number of hydrogen-bond donors (Lipinski definition) is 0. The van der Waals surface area contributed by atoms with Crippen LogP contribution in [0.2, 0.25) is 0 Å². The second-order valence-electron chi connectivity index (χ2n) is 7.06. The third-order valence-electron chi connectivity index (χ3n) is 5.19. The van der Waals surface area contributed by atoms with Gasteiger partial charge in [0.1, 0.15) is 23.7 Å². The molecule has 0 radical (unpaired) electrons. The second-order valence-corrected chi connectivity index (χ2v) is 7.06. The molecule has 1 aliphatic heterocycles. The first-order valence-corrected chi connectivity index (χ1v) is 9.04. The maximum Gasteiger partial charge on any atom is 0.257 e. The number of piperidine rings is 1. The van der Waals surface area contributed by atoms with Crippen molar-refractivity contribution < 1.29 is 9.21 Å². The number of nitrogens with zero attached hydrogens (tertiary/aromatic N) is 4. The average Bonchev–Trinajstić information content (AvgIpc) is 3.40. The summed E-state index contributed by atoms with van der Waals surface area (Å²) >= 11 is 0. The number of aryl methyl sites for hydroxylation is 2. The van der Waals surface area contributed by atoms with Crippen LogP contribution in [0, 0.1) is 13.8 Å². The normalized spacial score (nSPS) is 18.4. The van der Waals surface area contributed by atoms with Crippen LogP contribution in [0.15, 0.2) is 29.1 Å². The average molecular weight is 340 g/mol. The molecular formula is C19H24N4O2. The second kappa shape index (κ2) is 6.50. The minimum atomic E-state index is 0.0906. The first kappa shape index (κ1) is 16.1. The molecule has 2 aliphatic rings. The number of aromatic nitrogens is 2. The Kier molecular flexibility index (Phi) is 4.19. The van der Waals surface area contributed by atoms with Crippen molar-refractivity contribution in [3.63, 3.8) is 0 Å². The molecule has 0 aromatic carbocycles. The molecular weight excluding hydrogens is 316 g/mol. The molecule has 0 atom stereocenters. The molecule has 25 heavy (non-hydrogen) atoms. The van der Waals surface area contributed by atoms with Gasteiger partial charge in [0, 0.05) is 31.4 Å². The zero-order chi connectivity index (χ0) is 17.4. The number of hydrogen-bond acceptors (Lipinski definition) is 5. The van der Waals surface area contributed by atoms with E-state index in [1.165, 1.54) is 12.8 Å². The molecule has 2 fully saturated rings. The van der Waals surface area contributed by atoms with E-state index in [1.54, 1.807) is 12.5 Å². The quantitative estimate of drug-likeness (QED) is 0.856. The summed E-state index contributed by atoms with van der Waals surface area (Å²) in [5.74, 6) is 2.61. The third kappa shape index (κ3) is 3.25. The zero-order valence-corrected chi connectivity index (χ0v) is 14.8. The van der Waals surface area contributed by atoms with Crippen LogP contribution in [0.1, 0.15) is 47.6 Å². The lowest BCUT2D eigenvalue weighted by Crippen LogP contribution is -2.48. The van der Waals surface area contributed by atoms with Crippen molar-refractivity contribution in [3.05, 3.63) is 41.7 Å². The Labute approximate surface area is 147 Å². The number of furan rings is 1. The van der Waals surface area contributed by atoms with Crippen LogP contribution in [0.25, 0.3) is 0 Å². The van der Waals surface area contributed by atoms with E-state index in [1.807, 2.05) is 30.9 Å². The van der Waals surface area contributed by atoms with Crippen LogP contribution < -0.4 is 4.90 Å². The largest absolute Gasteiger partial charge is 0.466 e. The van der Waals surface area contributed by atoms with Gasteiger partial charge in [0.25, 0.3) is 5.91 Å². The third-order valence-corrected chi connectivity index (χ3v) is 5.19. The highest BCUT2D eigenvalue weighted by molar-refractivity contribution is 5.95. The van der Waals surface area contributed by atoms with Gasteiger partial charge in [0.05, 0.1) is 5.56 Å². The molecule has 1 saturated carbocycles. The first-order valence-electron chi connectivity index (χ1n) is 9.04. The highest BCUT2D eigenvalue weighted by atomic mass is 16.3. The Morgan fingerprint density at radius 1 is 1.20 bits per heavy atom. The van der Waals surface area contributed by atoms with Gasteiger partial charge in [-0.15, -0.1) is 0 Å². The van der Waals surface area contributed by atoms with E-state index in [2.05, 4.69) is 14.9 Å². The molecule has 132 valence electrons. The molecule has 0 spiro atoms. The summed E-state index contributed by atoms with van der Waals surface area (Å²) in [7, 11) is 0. The van der Waals surface area contributed by atoms with Crippen molar-refractivity contribution in [1.29, 1.82) is 0 Å². The van der Waals surface area contributed by atoms with Crippen molar-refractivity contribution in [2.75, 3.05) is 18.0 Å². The summed E-state index contributed by atoms with van der Waals surface area (Å²) in [6, 6.07) is 4.88. The monoisotopic (exact) mass is 340 g/mol. The lowest BCUT2D eigenvalue weighted by molar-refractivity contribution is 0.0710. The fourth-order valence-corrected chi connectivity index (χ4v) is 3.82. The maximum absolute atomic E-state index is 12.8. The van der Waals surface area contributed by atoms with Gasteiger partial charge in [-0.3, -0.25) is 4.79 Å². The smallest absolute Gasteiger partial charge is 0.257 e. The summed E-state index contributed by atoms with van der Waals surface area (Å²) in [6.07, 6.45) is 7.84. The molecule has 2 aromatic rings. The molecule has 4 rings (SSSR count). The van der Waals surface area contributed by atoms with E-state index in [-0.39, 0.29) is 5.91 Å². The molecule has 0 unspecified atom stereocenters. The predicted molar refractivity (Wildman–Crippen MR) is 94.6 cm³/mol. The van der Waals surface area contributed by atoms with Crippen LogP contribution in [0.3, 0.4) is 0 Å². The number of carbonyl (C=O) groups excluding carboxylic acids is 1. The molecule has 0 bridgehead atoms. The van der Waals surface area contributed by atoms with E-state index in [0.717, 1.165) is 37.5 Å². The fraction of sp³-hybridized carbons (Fsp3) is 0.526. The molecule has 1 aliphatic carbocycles. The van der Waals surface area contributed by atoms with Gasteiger partial charge in [-0.25, -0.2) is 9.97 Å². The van der Waals surface area contributed by atoms with Crippen LogP contribution in [0.5, 0.6) is 0 Å². The Morgan fingerprint density at radius 2 is 1.92 bits per heavy atom. The molecule has 3 heterocycles. The Bertz CT molecular complexity index is 746. The number of rotatable bonds is 4. The van der Waals surface area contributed by atoms with E-state index >= 15 is 0 Å². The predicted octanol–water partition coefficient (Wildman–Crippen LogP) is 2.96. The minimum absolute atomic E-state index is 0.0906. The fourth-order valence-electron chi connectivity index (χ4n) is 3.82.